The van der Waals surface area contributed by atoms with Crippen LogP contribution in [0.4, 0.5) is 26.3 Å². The molecule has 1 aromatic rings. The summed E-state index contributed by atoms with van der Waals surface area (Å²) in [5, 5.41) is 3.91. The van der Waals surface area contributed by atoms with Gasteiger partial charge < -0.3 is 9.84 Å². The van der Waals surface area contributed by atoms with E-state index in [0.29, 0.717) is 6.07 Å². The van der Waals surface area contributed by atoms with E-state index >= 15 is 0 Å². The monoisotopic (exact) mass is 350 g/mol. The fourth-order valence-electron chi connectivity index (χ4n) is 1.68. The second kappa shape index (κ2) is 5.53. The minimum absolute atomic E-state index is 0.173. The van der Waals surface area contributed by atoms with Gasteiger partial charge in [0, 0.05) is 5.56 Å². The highest BCUT2D eigenvalue weighted by molar-refractivity contribution is 6.22. The van der Waals surface area contributed by atoms with E-state index in [2.05, 4.69) is 16.3 Å². The molecule has 0 amide bonds. The number of alkyl halides is 7. The van der Waals surface area contributed by atoms with Gasteiger partial charge in [0.05, 0.1) is 7.11 Å². The van der Waals surface area contributed by atoms with Crippen LogP contribution in [-0.2, 0) is 10.7 Å². The minimum atomic E-state index is -6.02. The zero-order chi connectivity index (χ0) is 17.5. The van der Waals surface area contributed by atoms with Gasteiger partial charge in [-0.1, -0.05) is 0 Å². The number of esters is 1. The second-order valence-electron chi connectivity index (χ2n) is 4.34. The van der Waals surface area contributed by atoms with Gasteiger partial charge in [-0.25, -0.2) is 4.79 Å². The van der Waals surface area contributed by atoms with Crippen LogP contribution in [0.1, 0.15) is 21.5 Å². The van der Waals surface area contributed by atoms with Crippen molar-refractivity contribution in [3.8, 4) is 5.75 Å². The lowest BCUT2D eigenvalue weighted by atomic mass is 9.94. The van der Waals surface area contributed by atoms with E-state index in [0.717, 1.165) is 20.1 Å². The molecule has 124 valence electrons. The van der Waals surface area contributed by atoms with Crippen LogP contribution >= 0.6 is 11.6 Å². The van der Waals surface area contributed by atoms with E-state index in [9.17, 15) is 36.2 Å². The molecule has 0 aliphatic rings. The van der Waals surface area contributed by atoms with Gasteiger partial charge in [0.25, 0.3) is 0 Å². The van der Waals surface area contributed by atoms with E-state index < -0.39 is 40.1 Å². The first-order valence-electron chi connectivity index (χ1n) is 5.52. The Hall–Kier alpha value is -1.64. The van der Waals surface area contributed by atoms with Crippen molar-refractivity contribution in [2.24, 2.45) is 0 Å². The molecule has 0 aromatic heterocycles. The van der Waals surface area contributed by atoms with Gasteiger partial charge >= 0.3 is 23.2 Å². The Bertz CT molecular complexity index is 597. The number of hydrogen-bond donors (Lipinski definition) is 1. The van der Waals surface area contributed by atoms with Crippen LogP contribution in [0.25, 0.3) is 0 Å². The molecule has 0 saturated heterocycles. The van der Waals surface area contributed by atoms with E-state index in [4.69, 9.17) is 0 Å². The Balaban J connectivity index is 3.71. The molecule has 0 fully saturated rings. The second-order valence-corrected chi connectivity index (χ2v) is 4.82. The third kappa shape index (κ3) is 2.81. The van der Waals surface area contributed by atoms with Crippen LogP contribution in [-0.4, -0.2) is 29.5 Å². The van der Waals surface area contributed by atoms with Gasteiger partial charge in [0.15, 0.2) is 0 Å². The summed E-state index contributed by atoms with van der Waals surface area (Å²) in [6.07, 6.45) is 0. The molecular weight excluding hydrogens is 342 g/mol. The van der Waals surface area contributed by atoms with Gasteiger partial charge in [-0.05, 0) is 36.2 Å². The molecule has 10 heteroatoms. The lowest BCUT2D eigenvalue weighted by molar-refractivity contribution is -0.286. The molecule has 0 aliphatic heterocycles. The lowest BCUT2D eigenvalue weighted by Crippen LogP contribution is -2.50. The highest BCUT2D eigenvalue weighted by Crippen LogP contribution is 2.54. The average molecular weight is 351 g/mol. The highest BCUT2D eigenvalue weighted by Gasteiger charge is 2.72. The zero-order valence-corrected chi connectivity index (χ0v) is 11.8. The summed E-state index contributed by atoms with van der Waals surface area (Å²) in [4.78, 5) is 11.4. The molecule has 0 unspecified atom stereocenters. The number of phenols is 1. The maximum atomic E-state index is 13.9. The van der Waals surface area contributed by atoms with Gasteiger partial charge in [-0.15, -0.1) is 0 Å². The van der Waals surface area contributed by atoms with Gasteiger partial charge in [0.2, 0.25) is 0 Å². The van der Waals surface area contributed by atoms with Crippen LogP contribution in [0, 0.1) is 6.92 Å². The Kier molecular flexibility index (Phi) is 4.63. The largest absolute Gasteiger partial charge is 0.507 e. The van der Waals surface area contributed by atoms with E-state index in [1.165, 1.54) is 0 Å². The average Bonchev–Trinajstić information content (AvgIpc) is 2.35. The number of halogens is 7. The number of rotatable bonds is 4. The van der Waals surface area contributed by atoms with Crippen LogP contribution in [0.5, 0.6) is 5.75 Å². The van der Waals surface area contributed by atoms with Crippen molar-refractivity contribution >= 4 is 17.6 Å². The maximum Gasteiger partial charge on any atom is 0.390 e. The Labute approximate surface area is 125 Å². The normalized spacial score (nSPS) is 13.1. The molecule has 0 atom stereocenters. The molecule has 0 heterocycles. The first-order valence-corrected chi connectivity index (χ1v) is 5.90. The summed E-state index contributed by atoms with van der Waals surface area (Å²) in [7, 11) is 0.734. The maximum absolute atomic E-state index is 13.9. The third-order valence-corrected chi connectivity index (χ3v) is 2.98. The van der Waals surface area contributed by atoms with Crippen LogP contribution in [0.15, 0.2) is 12.1 Å². The summed E-state index contributed by atoms with van der Waals surface area (Å²) >= 11 is 4.06. The van der Waals surface area contributed by atoms with Crippen molar-refractivity contribution < 1.29 is 41.0 Å². The molecule has 0 saturated carbocycles. The number of hydrogen-bond acceptors (Lipinski definition) is 3. The molecule has 1 rings (SSSR count). The van der Waals surface area contributed by atoms with Crippen molar-refractivity contribution in [3.63, 3.8) is 0 Å². The van der Waals surface area contributed by atoms with Gasteiger partial charge in [0.1, 0.15) is 11.3 Å². The molecular formula is C12H9ClF6O3. The first kappa shape index (κ1) is 18.4. The molecule has 3 nitrogen and oxygen atoms in total. The number of ether oxygens (including phenoxy) is 1. The standard InChI is InChI=1S/C12H9ClF6O3/c1-5-3-6(8(7(20)4-5)9(21)22-2)10(14,15)11(16,17)12(13,18)19/h3-4,20H,1-2H3. The zero-order valence-electron chi connectivity index (χ0n) is 11.1. The fraction of sp³-hybridized carbons (Fsp3) is 0.417. The summed E-state index contributed by atoms with van der Waals surface area (Å²) < 4.78 is 83.9. The Morgan fingerprint density at radius 1 is 1.18 bits per heavy atom. The smallest absolute Gasteiger partial charge is 0.390 e. The minimum Gasteiger partial charge on any atom is -0.507 e. The number of benzene rings is 1. The molecule has 0 spiro atoms. The van der Waals surface area contributed by atoms with Crippen LogP contribution < -0.4 is 0 Å². The van der Waals surface area contributed by atoms with Crippen molar-refractivity contribution in [1.82, 2.24) is 0 Å². The predicted octanol–water partition coefficient (Wildman–Crippen LogP) is 4.05. The number of carbonyl (C=O) groups excluding carboxylic acids is 1. The summed E-state index contributed by atoms with van der Waals surface area (Å²) in [6.45, 7) is 1.12. The third-order valence-electron chi connectivity index (χ3n) is 2.74. The number of aromatic hydroxyl groups is 1. The molecule has 0 bridgehead atoms. The number of phenolic OH excluding ortho intramolecular Hbond substituents is 1. The van der Waals surface area contributed by atoms with Crippen molar-refractivity contribution in [1.29, 1.82) is 0 Å². The molecule has 0 aliphatic carbocycles. The van der Waals surface area contributed by atoms with Gasteiger partial charge in [-0.2, -0.15) is 26.3 Å². The topological polar surface area (TPSA) is 46.5 Å². The molecule has 0 radical (unpaired) electrons. The van der Waals surface area contributed by atoms with Crippen molar-refractivity contribution in [2.45, 2.75) is 24.2 Å². The predicted molar refractivity (Wildman–Crippen MR) is 63.8 cm³/mol. The molecule has 1 N–H and O–H groups in total. The van der Waals surface area contributed by atoms with Crippen LogP contribution in [0.2, 0.25) is 0 Å². The van der Waals surface area contributed by atoms with E-state index in [-0.39, 0.29) is 5.56 Å². The summed E-state index contributed by atoms with van der Waals surface area (Å²) in [5.74, 6) is -14.3. The van der Waals surface area contributed by atoms with Crippen LogP contribution in [0.3, 0.4) is 0 Å². The van der Waals surface area contributed by atoms with Crippen molar-refractivity contribution in [2.75, 3.05) is 7.11 Å². The Morgan fingerprint density at radius 3 is 2.09 bits per heavy atom. The number of methoxy groups -OCH3 is 1. The van der Waals surface area contributed by atoms with E-state index in [1.54, 1.807) is 0 Å². The highest BCUT2D eigenvalue weighted by atomic mass is 35.5. The SMILES string of the molecule is COC(=O)c1c(O)cc(C)cc1C(F)(F)C(F)(F)C(F)(F)Cl. The lowest BCUT2D eigenvalue weighted by Gasteiger charge is -2.30. The number of aryl methyl sites for hydroxylation is 1. The van der Waals surface area contributed by atoms with Crippen molar-refractivity contribution in [3.05, 3.63) is 28.8 Å². The molecule has 22 heavy (non-hydrogen) atoms. The van der Waals surface area contributed by atoms with Gasteiger partial charge in [-0.3, -0.25) is 0 Å². The number of carbonyl (C=O) groups is 1. The quantitative estimate of drug-likeness (QED) is 0.506. The fourth-order valence-corrected chi connectivity index (χ4v) is 1.80. The summed E-state index contributed by atoms with van der Waals surface area (Å²) in [5.41, 5.74) is -3.34. The Morgan fingerprint density at radius 2 is 1.68 bits per heavy atom. The molecule has 1 aromatic carbocycles. The van der Waals surface area contributed by atoms with E-state index in [1.807, 2.05) is 0 Å². The first-order chi connectivity index (χ1) is 9.77. The summed E-state index contributed by atoms with van der Waals surface area (Å²) in [6, 6.07) is 1.17.